The smallest absolute Gasteiger partial charge is 0.481 e. The Hall–Kier alpha value is -5.99. The monoisotopic (exact) mass is 679 g/mol. The molecule has 4 aromatic rings. The molecule has 49 heavy (non-hydrogen) atoms. The highest BCUT2D eigenvalue weighted by atomic mass is 19.4. The van der Waals surface area contributed by atoms with E-state index in [-0.39, 0.29) is 24.8 Å². The summed E-state index contributed by atoms with van der Waals surface area (Å²) < 4.78 is 37.5. The van der Waals surface area contributed by atoms with Crippen LogP contribution in [0.1, 0.15) is 46.1 Å². The molecule has 0 spiro atoms. The summed E-state index contributed by atoms with van der Waals surface area (Å²) in [4.78, 5) is 59.8. The highest BCUT2D eigenvalue weighted by molar-refractivity contribution is 6.13. The van der Waals surface area contributed by atoms with E-state index in [2.05, 4.69) is 9.97 Å². The number of rotatable bonds is 10. The number of aromatic nitrogens is 2. The van der Waals surface area contributed by atoms with Gasteiger partial charge < -0.3 is 25.6 Å². The van der Waals surface area contributed by atoms with Gasteiger partial charge in [0.05, 0.1) is 30.3 Å². The van der Waals surface area contributed by atoms with Crippen molar-refractivity contribution in [2.24, 2.45) is 0 Å². The summed E-state index contributed by atoms with van der Waals surface area (Å²) in [5.41, 5.74) is 9.33. The van der Waals surface area contributed by atoms with E-state index in [1.807, 2.05) is 37.3 Å². The fraction of sp³-hybridized carbons (Fsp3) is 0.235. The number of hydrogen-bond donors (Lipinski definition) is 3. The molecule has 256 valence electrons. The van der Waals surface area contributed by atoms with Gasteiger partial charge in [-0.3, -0.25) is 19.3 Å². The van der Waals surface area contributed by atoms with Crippen molar-refractivity contribution >= 4 is 41.1 Å². The summed E-state index contributed by atoms with van der Waals surface area (Å²) in [6.45, 7) is 1.90. The Morgan fingerprint density at radius 2 is 1.59 bits per heavy atom. The molecule has 3 aromatic carbocycles. The SMILES string of the molecule is Cc1cc(OCCCc2ccc3c(c2)C(=O)N(C(CC(=O)O)c2ccccc2)CC(=O)N3c2ccccc2)nc(N)n1.O=C(O)C(F)(F)F. The first-order valence-corrected chi connectivity index (χ1v) is 14.9. The van der Waals surface area contributed by atoms with Gasteiger partial charge in [0.2, 0.25) is 11.8 Å². The van der Waals surface area contributed by atoms with E-state index in [9.17, 15) is 32.7 Å². The number of benzene rings is 3. The zero-order valence-electron chi connectivity index (χ0n) is 26.1. The van der Waals surface area contributed by atoms with Gasteiger partial charge >= 0.3 is 18.1 Å². The van der Waals surface area contributed by atoms with E-state index >= 15 is 0 Å². The molecule has 0 aliphatic carbocycles. The Bertz CT molecular complexity index is 1790. The van der Waals surface area contributed by atoms with Gasteiger partial charge in [-0.2, -0.15) is 18.2 Å². The van der Waals surface area contributed by atoms with Gasteiger partial charge in [0.25, 0.3) is 11.8 Å². The number of para-hydroxylation sites is 1. The first-order valence-electron chi connectivity index (χ1n) is 14.9. The number of hydrogen-bond acceptors (Lipinski definition) is 8. The summed E-state index contributed by atoms with van der Waals surface area (Å²) in [7, 11) is 0. The molecule has 2 heterocycles. The first-order chi connectivity index (χ1) is 23.2. The van der Waals surface area contributed by atoms with Crippen LogP contribution in [0, 0.1) is 6.92 Å². The summed E-state index contributed by atoms with van der Waals surface area (Å²) >= 11 is 0. The lowest BCUT2D eigenvalue weighted by molar-refractivity contribution is -0.192. The van der Waals surface area contributed by atoms with Crippen molar-refractivity contribution in [2.75, 3.05) is 23.8 Å². The third-order valence-electron chi connectivity index (χ3n) is 7.24. The second-order valence-electron chi connectivity index (χ2n) is 10.8. The summed E-state index contributed by atoms with van der Waals surface area (Å²) in [5, 5.41) is 16.9. The number of amides is 2. The zero-order chi connectivity index (χ0) is 35.7. The van der Waals surface area contributed by atoms with Crippen molar-refractivity contribution in [3.05, 3.63) is 107 Å². The van der Waals surface area contributed by atoms with Gasteiger partial charge in [0, 0.05) is 17.4 Å². The minimum Gasteiger partial charge on any atom is -0.481 e. The van der Waals surface area contributed by atoms with Crippen LogP contribution in [0.5, 0.6) is 5.88 Å². The van der Waals surface area contributed by atoms with Gasteiger partial charge in [-0.15, -0.1) is 0 Å². The second kappa shape index (κ2) is 15.7. The number of carboxylic acid groups (broad SMARTS) is 2. The molecule has 5 rings (SSSR count). The molecule has 15 heteroatoms. The fourth-order valence-corrected chi connectivity index (χ4v) is 5.13. The number of aliphatic carboxylic acids is 2. The number of nitrogens with zero attached hydrogens (tertiary/aromatic N) is 4. The molecular weight excluding hydrogens is 647 g/mol. The largest absolute Gasteiger partial charge is 0.490 e. The van der Waals surface area contributed by atoms with Gasteiger partial charge in [-0.25, -0.2) is 9.78 Å². The van der Waals surface area contributed by atoms with Gasteiger partial charge in [-0.05, 0) is 55.2 Å². The Balaban J connectivity index is 0.000000698. The Kier molecular flexibility index (Phi) is 11.5. The van der Waals surface area contributed by atoms with Crippen molar-refractivity contribution < 1.29 is 47.3 Å². The number of ether oxygens (including phenoxy) is 1. The number of carboxylic acids is 2. The number of alkyl halides is 3. The van der Waals surface area contributed by atoms with Gasteiger partial charge in [0.1, 0.15) is 6.54 Å². The lowest BCUT2D eigenvalue weighted by Crippen LogP contribution is -2.40. The Morgan fingerprint density at radius 3 is 2.18 bits per heavy atom. The minimum atomic E-state index is -5.08. The standard InChI is InChI=1S/C32H31N5O5.C2HF3O2/c1-21-17-28(35-32(33)34-21)42-16-8-9-22-14-15-26-25(18-22)31(41)36(20-29(38)37(26)24-12-6-3-7-13-24)27(19-30(39)40)23-10-4-2-5-11-23;3-2(4,5)1(6)7/h2-7,10-15,17-18,27H,8-9,16,19-20H2,1H3,(H,39,40)(H2,33,34,35);(H,6,7). The topological polar surface area (TPSA) is 176 Å². The molecule has 0 bridgehead atoms. The van der Waals surface area contributed by atoms with E-state index < -0.39 is 30.1 Å². The molecule has 4 N–H and O–H groups in total. The molecule has 0 saturated heterocycles. The van der Waals surface area contributed by atoms with Crippen LogP contribution >= 0.6 is 0 Å². The lowest BCUT2D eigenvalue weighted by Gasteiger charge is -2.30. The number of halogens is 3. The molecule has 12 nitrogen and oxygen atoms in total. The number of nitrogens with two attached hydrogens (primary N) is 1. The number of carbonyl (C=O) groups is 4. The number of anilines is 3. The van der Waals surface area contributed by atoms with Crippen LogP contribution in [0.2, 0.25) is 0 Å². The van der Waals surface area contributed by atoms with Crippen molar-refractivity contribution in [2.45, 2.75) is 38.4 Å². The lowest BCUT2D eigenvalue weighted by atomic mass is 9.99. The molecule has 1 aromatic heterocycles. The van der Waals surface area contributed by atoms with Crippen LogP contribution in [0.3, 0.4) is 0 Å². The third-order valence-corrected chi connectivity index (χ3v) is 7.24. The van der Waals surface area contributed by atoms with Crippen molar-refractivity contribution in [3.8, 4) is 5.88 Å². The molecule has 1 unspecified atom stereocenters. The van der Waals surface area contributed by atoms with Crippen LogP contribution in [-0.4, -0.2) is 68.2 Å². The van der Waals surface area contributed by atoms with Crippen LogP contribution in [0.4, 0.5) is 30.5 Å². The summed E-state index contributed by atoms with van der Waals surface area (Å²) in [5.74, 6) is -4.02. The molecule has 0 fully saturated rings. The van der Waals surface area contributed by atoms with Gasteiger partial charge in [-0.1, -0.05) is 54.6 Å². The molecule has 2 amide bonds. The molecule has 1 atom stereocenters. The van der Waals surface area contributed by atoms with Crippen LogP contribution in [0.25, 0.3) is 0 Å². The molecular formula is C34H32F3N5O7. The number of aryl methyl sites for hydroxylation is 2. The molecule has 1 aliphatic heterocycles. The average molecular weight is 680 g/mol. The quantitative estimate of drug-likeness (QED) is 0.185. The fourth-order valence-electron chi connectivity index (χ4n) is 5.13. The van der Waals surface area contributed by atoms with E-state index in [0.29, 0.717) is 53.5 Å². The second-order valence-corrected chi connectivity index (χ2v) is 10.8. The van der Waals surface area contributed by atoms with E-state index in [1.165, 1.54) is 9.80 Å². The first kappa shape index (κ1) is 35.9. The maximum absolute atomic E-state index is 14.2. The minimum absolute atomic E-state index is 0.146. The predicted octanol–water partition coefficient (Wildman–Crippen LogP) is 5.35. The molecule has 1 aliphatic rings. The molecule has 0 saturated carbocycles. The van der Waals surface area contributed by atoms with E-state index in [4.69, 9.17) is 20.4 Å². The van der Waals surface area contributed by atoms with Crippen molar-refractivity contribution in [3.63, 3.8) is 0 Å². The van der Waals surface area contributed by atoms with Crippen molar-refractivity contribution in [1.29, 1.82) is 0 Å². The van der Waals surface area contributed by atoms with Crippen LogP contribution in [0.15, 0.2) is 84.9 Å². The number of carbonyl (C=O) groups excluding carboxylic acids is 2. The number of fused-ring (bicyclic) bond motifs is 1. The maximum Gasteiger partial charge on any atom is 0.490 e. The highest BCUT2D eigenvalue weighted by Crippen LogP contribution is 2.36. The number of nitrogen functional groups attached to an aromatic ring is 1. The van der Waals surface area contributed by atoms with Crippen LogP contribution in [-0.2, 0) is 20.8 Å². The van der Waals surface area contributed by atoms with E-state index in [1.54, 1.807) is 54.6 Å². The zero-order valence-corrected chi connectivity index (χ0v) is 26.1. The average Bonchev–Trinajstić information content (AvgIpc) is 3.15. The normalized spacial score (nSPS) is 13.5. The summed E-state index contributed by atoms with van der Waals surface area (Å²) in [6.07, 6.45) is -4.20. The molecule has 0 radical (unpaired) electrons. The third kappa shape index (κ3) is 9.53. The van der Waals surface area contributed by atoms with Crippen LogP contribution < -0.4 is 15.4 Å². The summed E-state index contributed by atoms with van der Waals surface area (Å²) in [6, 6.07) is 24.4. The van der Waals surface area contributed by atoms with E-state index in [0.717, 1.165) is 5.56 Å². The van der Waals surface area contributed by atoms with Crippen molar-refractivity contribution in [1.82, 2.24) is 14.9 Å². The Labute approximate surface area is 278 Å². The predicted molar refractivity (Wildman–Crippen MR) is 171 cm³/mol. The van der Waals surface area contributed by atoms with Gasteiger partial charge in [0.15, 0.2) is 0 Å². The Morgan fingerprint density at radius 1 is 0.959 bits per heavy atom. The highest BCUT2D eigenvalue weighted by Gasteiger charge is 2.39. The maximum atomic E-state index is 14.2.